The van der Waals surface area contributed by atoms with Crippen LogP contribution in [0.3, 0.4) is 0 Å². The van der Waals surface area contributed by atoms with Gasteiger partial charge in [-0.2, -0.15) is 12.7 Å². The molecule has 0 amide bonds. The lowest BCUT2D eigenvalue weighted by Crippen LogP contribution is -2.48. The van der Waals surface area contributed by atoms with E-state index in [0.29, 0.717) is 19.5 Å². The van der Waals surface area contributed by atoms with Crippen molar-refractivity contribution in [3.05, 3.63) is 0 Å². The minimum Gasteiger partial charge on any atom is -0.396 e. The second-order valence-electron chi connectivity index (χ2n) is 4.93. The van der Waals surface area contributed by atoms with Crippen molar-refractivity contribution in [2.24, 2.45) is 5.92 Å². The predicted octanol–water partition coefficient (Wildman–Crippen LogP) is 0.714. The van der Waals surface area contributed by atoms with E-state index in [1.165, 1.54) is 0 Å². The van der Waals surface area contributed by atoms with Crippen molar-refractivity contribution in [2.45, 2.75) is 45.6 Å². The Balaban J connectivity index is 2.49. The Morgan fingerprint density at radius 2 is 2.18 bits per heavy atom. The molecular weight excluding hydrogens is 240 g/mol. The van der Waals surface area contributed by atoms with Crippen LogP contribution in [0.25, 0.3) is 0 Å². The van der Waals surface area contributed by atoms with Crippen LogP contribution in [0.15, 0.2) is 0 Å². The maximum Gasteiger partial charge on any atom is 0.279 e. The topological polar surface area (TPSA) is 69.6 Å². The molecule has 1 fully saturated rings. The van der Waals surface area contributed by atoms with Gasteiger partial charge in [0.05, 0.1) is 0 Å². The molecule has 1 aliphatic rings. The monoisotopic (exact) mass is 264 g/mol. The minimum absolute atomic E-state index is 0.0920. The summed E-state index contributed by atoms with van der Waals surface area (Å²) in [4.78, 5) is 0. The first-order valence-electron chi connectivity index (χ1n) is 6.34. The van der Waals surface area contributed by atoms with E-state index in [1.54, 1.807) is 4.31 Å². The molecule has 2 N–H and O–H groups in total. The zero-order valence-electron chi connectivity index (χ0n) is 10.7. The highest BCUT2D eigenvalue weighted by Crippen LogP contribution is 2.19. The molecule has 0 aliphatic carbocycles. The number of aliphatic hydroxyl groups excluding tert-OH is 1. The summed E-state index contributed by atoms with van der Waals surface area (Å²) in [7, 11) is -3.34. The van der Waals surface area contributed by atoms with Crippen molar-refractivity contribution in [3.63, 3.8) is 0 Å². The lowest BCUT2D eigenvalue weighted by molar-refractivity contribution is 0.255. The lowest BCUT2D eigenvalue weighted by Gasteiger charge is -2.32. The van der Waals surface area contributed by atoms with Crippen LogP contribution in [0.5, 0.6) is 0 Å². The molecule has 102 valence electrons. The maximum atomic E-state index is 12.1. The number of piperidine rings is 1. The van der Waals surface area contributed by atoms with Gasteiger partial charge in [-0.1, -0.05) is 13.3 Å². The number of rotatable bonds is 6. The molecular formula is C11H24N2O3S. The zero-order valence-corrected chi connectivity index (χ0v) is 11.5. The van der Waals surface area contributed by atoms with Crippen LogP contribution in [0, 0.1) is 5.92 Å². The first-order chi connectivity index (χ1) is 7.97. The SMILES string of the molecule is CC(CCO)CNS(=O)(=O)N1CCCCC1C. The van der Waals surface area contributed by atoms with Gasteiger partial charge in [-0.05, 0) is 32.1 Å². The summed E-state index contributed by atoms with van der Waals surface area (Å²) in [5, 5.41) is 8.77. The molecule has 0 saturated carbocycles. The van der Waals surface area contributed by atoms with E-state index in [0.717, 1.165) is 19.3 Å². The molecule has 5 nitrogen and oxygen atoms in total. The van der Waals surface area contributed by atoms with Crippen LogP contribution in [-0.2, 0) is 10.2 Å². The third-order valence-corrected chi connectivity index (χ3v) is 4.98. The van der Waals surface area contributed by atoms with Crippen LogP contribution >= 0.6 is 0 Å². The molecule has 0 radical (unpaired) electrons. The van der Waals surface area contributed by atoms with Gasteiger partial charge in [0.2, 0.25) is 0 Å². The molecule has 17 heavy (non-hydrogen) atoms. The van der Waals surface area contributed by atoms with Gasteiger partial charge in [0.1, 0.15) is 0 Å². The normalized spacial score (nSPS) is 24.8. The molecule has 0 bridgehead atoms. The molecule has 0 aromatic rings. The van der Waals surface area contributed by atoms with Crippen molar-refractivity contribution >= 4 is 10.2 Å². The standard InChI is InChI=1S/C11H24N2O3S/c1-10(6-8-14)9-12-17(15,16)13-7-4-3-5-11(13)2/h10-12,14H,3-9H2,1-2H3. The van der Waals surface area contributed by atoms with Crippen LogP contribution < -0.4 is 4.72 Å². The lowest BCUT2D eigenvalue weighted by atomic mass is 10.1. The van der Waals surface area contributed by atoms with Gasteiger partial charge in [-0.3, -0.25) is 0 Å². The average molecular weight is 264 g/mol. The Bertz CT molecular complexity index is 319. The van der Waals surface area contributed by atoms with E-state index in [2.05, 4.69) is 4.72 Å². The van der Waals surface area contributed by atoms with Crippen LogP contribution in [0.2, 0.25) is 0 Å². The Morgan fingerprint density at radius 1 is 1.47 bits per heavy atom. The van der Waals surface area contributed by atoms with Gasteiger partial charge in [-0.15, -0.1) is 0 Å². The second-order valence-corrected chi connectivity index (χ2v) is 6.63. The third-order valence-electron chi connectivity index (χ3n) is 3.29. The molecule has 0 spiro atoms. The minimum atomic E-state index is -3.34. The quantitative estimate of drug-likeness (QED) is 0.742. The van der Waals surface area contributed by atoms with Crippen molar-refractivity contribution in [1.29, 1.82) is 0 Å². The number of hydrogen-bond donors (Lipinski definition) is 2. The van der Waals surface area contributed by atoms with E-state index in [-0.39, 0.29) is 18.6 Å². The molecule has 1 saturated heterocycles. The summed E-state index contributed by atoms with van der Waals surface area (Å²) >= 11 is 0. The van der Waals surface area contributed by atoms with Gasteiger partial charge < -0.3 is 5.11 Å². The molecule has 0 aromatic heterocycles. The fourth-order valence-corrected chi connectivity index (χ4v) is 3.69. The predicted molar refractivity (Wildman–Crippen MR) is 67.8 cm³/mol. The first kappa shape index (κ1) is 14.9. The Kier molecular flexibility index (Phi) is 5.85. The Hall–Kier alpha value is -0.170. The molecule has 1 aliphatic heterocycles. The highest BCUT2D eigenvalue weighted by Gasteiger charge is 2.29. The smallest absolute Gasteiger partial charge is 0.279 e. The van der Waals surface area contributed by atoms with E-state index < -0.39 is 10.2 Å². The number of hydrogen-bond acceptors (Lipinski definition) is 3. The summed E-state index contributed by atoms with van der Waals surface area (Å²) in [5.74, 6) is 0.162. The highest BCUT2D eigenvalue weighted by atomic mass is 32.2. The van der Waals surface area contributed by atoms with Crippen molar-refractivity contribution in [1.82, 2.24) is 9.03 Å². The first-order valence-corrected chi connectivity index (χ1v) is 7.78. The Labute approximate surface area is 104 Å². The Morgan fingerprint density at radius 3 is 2.76 bits per heavy atom. The summed E-state index contributed by atoms with van der Waals surface area (Å²) in [6, 6.07) is 0.0920. The molecule has 0 aromatic carbocycles. The zero-order chi connectivity index (χ0) is 12.9. The van der Waals surface area contributed by atoms with Gasteiger partial charge in [0.15, 0.2) is 0 Å². The van der Waals surface area contributed by atoms with Crippen molar-refractivity contribution in [3.8, 4) is 0 Å². The maximum absolute atomic E-state index is 12.1. The van der Waals surface area contributed by atoms with E-state index >= 15 is 0 Å². The summed E-state index contributed by atoms with van der Waals surface area (Å²) in [6.07, 6.45) is 3.61. The summed E-state index contributed by atoms with van der Waals surface area (Å²) in [6.45, 7) is 4.99. The fourth-order valence-electron chi connectivity index (χ4n) is 2.08. The van der Waals surface area contributed by atoms with E-state index in [4.69, 9.17) is 5.11 Å². The molecule has 6 heteroatoms. The third kappa shape index (κ3) is 4.54. The van der Waals surface area contributed by atoms with Crippen molar-refractivity contribution < 1.29 is 13.5 Å². The molecule has 2 atom stereocenters. The molecule has 1 heterocycles. The highest BCUT2D eigenvalue weighted by molar-refractivity contribution is 7.87. The largest absolute Gasteiger partial charge is 0.396 e. The van der Waals surface area contributed by atoms with Crippen LogP contribution in [0.4, 0.5) is 0 Å². The molecule has 1 rings (SSSR count). The summed E-state index contributed by atoms with van der Waals surface area (Å²) in [5.41, 5.74) is 0. The fraction of sp³-hybridized carbons (Fsp3) is 1.00. The number of nitrogens with zero attached hydrogens (tertiary/aromatic N) is 1. The number of aliphatic hydroxyl groups is 1. The van der Waals surface area contributed by atoms with Crippen LogP contribution in [0.1, 0.15) is 39.5 Å². The summed E-state index contributed by atoms with van der Waals surface area (Å²) < 4.78 is 28.3. The van der Waals surface area contributed by atoms with Gasteiger partial charge in [0, 0.05) is 25.7 Å². The van der Waals surface area contributed by atoms with E-state index in [9.17, 15) is 8.42 Å². The second kappa shape index (κ2) is 6.68. The van der Waals surface area contributed by atoms with Gasteiger partial charge in [0.25, 0.3) is 10.2 Å². The van der Waals surface area contributed by atoms with Gasteiger partial charge in [-0.25, -0.2) is 4.72 Å². The average Bonchev–Trinajstić information content (AvgIpc) is 2.27. The van der Waals surface area contributed by atoms with E-state index in [1.807, 2.05) is 13.8 Å². The molecule has 2 unspecified atom stereocenters. The number of nitrogens with one attached hydrogen (secondary N) is 1. The van der Waals surface area contributed by atoms with Gasteiger partial charge >= 0.3 is 0 Å². The van der Waals surface area contributed by atoms with Crippen molar-refractivity contribution in [2.75, 3.05) is 19.7 Å². The van der Waals surface area contributed by atoms with Crippen LogP contribution in [-0.4, -0.2) is 43.6 Å².